The molecule has 1 unspecified atom stereocenters. The van der Waals surface area contributed by atoms with Gasteiger partial charge in [-0.25, -0.2) is 0 Å². The standard InChI is InChI=1S/C16H19N3O/c17-15(10-9-13-6-2-1-3-7-13)16(20)19-12-14-8-4-5-11-18-14/h1-8,11,15H,9-10,12,17H2,(H,19,20). The molecule has 20 heavy (non-hydrogen) atoms. The number of nitrogens with one attached hydrogen (secondary N) is 1. The van der Waals surface area contributed by atoms with E-state index in [1.807, 2.05) is 48.5 Å². The number of rotatable bonds is 6. The van der Waals surface area contributed by atoms with Crippen LogP contribution in [0.2, 0.25) is 0 Å². The summed E-state index contributed by atoms with van der Waals surface area (Å²) in [5.74, 6) is -0.133. The molecule has 0 saturated carbocycles. The summed E-state index contributed by atoms with van der Waals surface area (Å²) >= 11 is 0. The van der Waals surface area contributed by atoms with Gasteiger partial charge in [-0.15, -0.1) is 0 Å². The summed E-state index contributed by atoms with van der Waals surface area (Å²) in [6, 6.07) is 15.2. The molecule has 0 aliphatic carbocycles. The van der Waals surface area contributed by atoms with Gasteiger partial charge in [-0.2, -0.15) is 0 Å². The SMILES string of the molecule is NC(CCc1ccccc1)C(=O)NCc1ccccn1. The molecule has 0 aliphatic heterocycles. The third-order valence-electron chi connectivity index (χ3n) is 3.09. The number of hydrogen-bond donors (Lipinski definition) is 2. The van der Waals surface area contributed by atoms with E-state index in [0.29, 0.717) is 13.0 Å². The molecule has 3 N–H and O–H groups in total. The van der Waals surface area contributed by atoms with Crippen LogP contribution in [-0.2, 0) is 17.8 Å². The predicted molar refractivity (Wildman–Crippen MR) is 78.8 cm³/mol. The van der Waals surface area contributed by atoms with Crippen LogP contribution in [-0.4, -0.2) is 16.9 Å². The van der Waals surface area contributed by atoms with E-state index in [-0.39, 0.29) is 5.91 Å². The maximum Gasteiger partial charge on any atom is 0.237 e. The molecule has 0 spiro atoms. The Balaban J connectivity index is 1.75. The van der Waals surface area contributed by atoms with Crippen molar-refractivity contribution in [2.75, 3.05) is 0 Å². The quantitative estimate of drug-likeness (QED) is 0.838. The van der Waals surface area contributed by atoms with E-state index < -0.39 is 6.04 Å². The van der Waals surface area contributed by atoms with Gasteiger partial charge in [-0.1, -0.05) is 36.4 Å². The molecule has 1 atom stereocenters. The van der Waals surface area contributed by atoms with Crippen molar-refractivity contribution in [1.82, 2.24) is 10.3 Å². The van der Waals surface area contributed by atoms with Crippen molar-refractivity contribution < 1.29 is 4.79 Å². The summed E-state index contributed by atoms with van der Waals surface area (Å²) in [5.41, 5.74) is 7.92. The molecule has 0 aliphatic rings. The van der Waals surface area contributed by atoms with Crippen LogP contribution in [0.15, 0.2) is 54.7 Å². The molecule has 0 radical (unpaired) electrons. The molecule has 1 amide bonds. The fourth-order valence-electron chi connectivity index (χ4n) is 1.91. The Labute approximate surface area is 119 Å². The summed E-state index contributed by atoms with van der Waals surface area (Å²) < 4.78 is 0. The third-order valence-corrected chi connectivity index (χ3v) is 3.09. The smallest absolute Gasteiger partial charge is 0.237 e. The molecule has 0 saturated heterocycles. The molecule has 1 aromatic heterocycles. The zero-order valence-corrected chi connectivity index (χ0v) is 11.3. The molecule has 0 fully saturated rings. The van der Waals surface area contributed by atoms with Gasteiger partial charge in [0.15, 0.2) is 0 Å². The van der Waals surface area contributed by atoms with Gasteiger partial charge in [-0.3, -0.25) is 9.78 Å². The molecular weight excluding hydrogens is 250 g/mol. The minimum atomic E-state index is -0.487. The molecule has 2 aromatic rings. The highest BCUT2D eigenvalue weighted by Gasteiger charge is 2.12. The molecule has 4 nitrogen and oxygen atoms in total. The number of carbonyl (C=O) groups excluding carboxylic acids is 1. The highest BCUT2D eigenvalue weighted by atomic mass is 16.2. The van der Waals surface area contributed by atoms with Crippen molar-refractivity contribution in [3.63, 3.8) is 0 Å². The van der Waals surface area contributed by atoms with Crippen LogP contribution in [0, 0.1) is 0 Å². The third kappa shape index (κ3) is 4.48. The second-order valence-electron chi connectivity index (χ2n) is 4.67. The largest absolute Gasteiger partial charge is 0.349 e. The van der Waals surface area contributed by atoms with Crippen molar-refractivity contribution in [2.24, 2.45) is 5.73 Å². The second kappa shape index (κ2) is 7.40. The first kappa shape index (κ1) is 14.2. The second-order valence-corrected chi connectivity index (χ2v) is 4.67. The maximum absolute atomic E-state index is 11.9. The van der Waals surface area contributed by atoms with E-state index in [0.717, 1.165) is 12.1 Å². The highest BCUT2D eigenvalue weighted by Crippen LogP contribution is 2.04. The Kier molecular flexibility index (Phi) is 5.26. The van der Waals surface area contributed by atoms with E-state index in [1.54, 1.807) is 6.20 Å². The molecular formula is C16H19N3O. The van der Waals surface area contributed by atoms with Gasteiger partial charge in [0.1, 0.15) is 0 Å². The summed E-state index contributed by atoms with van der Waals surface area (Å²) in [6.07, 6.45) is 3.15. The Bertz CT molecular complexity index is 528. The Morgan fingerprint density at radius 2 is 1.90 bits per heavy atom. The summed E-state index contributed by atoms with van der Waals surface area (Å²) in [6.45, 7) is 0.415. The number of aryl methyl sites for hydroxylation is 1. The van der Waals surface area contributed by atoms with Crippen molar-refractivity contribution >= 4 is 5.91 Å². The minimum absolute atomic E-state index is 0.133. The normalized spacial score (nSPS) is 11.8. The monoisotopic (exact) mass is 269 g/mol. The predicted octanol–water partition coefficient (Wildman–Crippen LogP) is 1.66. The molecule has 2 rings (SSSR count). The molecule has 1 aromatic carbocycles. The van der Waals surface area contributed by atoms with E-state index in [4.69, 9.17) is 5.73 Å². The minimum Gasteiger partial charge on any atom is -0.349 e. The number of nitrogens with two attached hydrogens (primary N) is 1. The lowest BCUT2D eigenvalue weighted by molar-refractivity contribution is -0.122. The highest BCUT2D eigenvalue weighted by molar-refractivity contribution is 5.81. The van der Waals surface area contributed by atoms with E-state index in [1.165, 1.54) is 5.56 Å². The van der Waals surface area contributed by atoms with Gasteiger partial charge < -0.3 is 11.1 Å². The number of aromatic nitrogens is 1. The summed E-state index contributed by atoms with van der Waals surface area (Å²) in [5, 5.41) is 2.81. The zero-order chi connectivity index (χ0) is 14.2. The van der Waals surface area contributed by atoms with Crippen molar-refractivity contribution in [3.8, 4) is 0 Å². The zero-order valence-electron chi connectivity index (χ0n) is 11.3. The molecule has 4 heteroatoms. The van der Waals surface area contributed by atoms with Crippen LogP contribution in [0.25, 0.3) is 0 Å². The number of amides is 1. The van der Waals surface area contributed by atoms with Gasteiger partial charge in [0, 0.05) is 6.20 Å². The topological polar surface area (TPSA) is 68.0 Å². The first-order valence-electron chi connectivity index (χ1n) is 6.73. The number of pyridine rings is 1. The van der Waals surface area contributed by atoms with Gasteiger partial charge >= 0.3 is 0 Å². The van der Waals surface area contributed by atoms with Crippen LogP contribution < -0.4 is 11.1 Å². The van der Waals surface area contributed by atoms with Gasteiger partial charge in [0.25, 0.3) is 0 Å². The van der Waals surface area contributed by atoms with Crippen LogP contribution in [0.5, 0.6) is 0 Å². The molecule has 0 bridgehead atoms. The average Bonchev–Trinajstić information content (AvgIpc) is 2.52. The van der Waals surface area contributed by atoms with E-state index in [2.05, 4.69) is 10.3 Å². The number of nitrogens with zero attached hydrogens (tertiary/aromatic N) is 1. The lowest BCUT2D eigenvalue weighted by Crippen LogP contribution is -2.40. The van der Waals surface area contributed by atoms with Gasteiger partial charge in [0.05, 0.1) is 18.3 Å². The van der Waals surface area contributed by atoms with Gasteiger partial charge in [0.2, 0.25) is 5.91 Å². The van der Waals surface area contributed by atoms with Crippen molar-refractivity contribution in [3.05, 3.63) is 66.0 Å². The maximum atomic E-state index is 11.9. The average molecular weight is 269 g/mol. The number of hydrogen-bond acceptors (Lipinski definition) is 3. The van der Waals surface area contributed by atoms with Crippen LogP contribution in [0.4, 0.5) is 0 Å². The number of benzene rings is 1. The van der Waals surface area contributed by atoms with Crippen molar-refractivity contribution in [2.45, 2.75) is 25.4 Å². The lowest BCUT2D eigenvalue weighted by Gasteiger charge is -2.12. The Morgan fingerprint density at radius 1 is 1.15 bits per heavy atom. The molecule has 104 valence electrons. The van der Waals surface area contributed by atoms with Crippen LogP contribution in [0.3, 0.4) is 0 Å². The summed E-state index contributed by atoms with van der Waals surface area (Å²) in [4.78, 5) is 16.0. The first-order valence-corrected chi connectivity index (χ1v) is 6.73. The Hall–Kier alpha value is -2.20. The van der Waals surface area contributed by atoms with Gasteiger partial charge in [-0.05, 0) is 30.5 Å². The fraction of sp³-hybridized carbons (Fsp3) is 0.250. The van der Waals surface area contributed by atoms with Crippen LogP contribution >= 0.6 is 0 Å². The number of carbonyl (C=O) groups is 1. The first-order chi connectivity index (χ1) is 9.75. The van der Waals surface area contributed by atoms with Crippen LogP contribution in [0.1, 0.15) is 17.7 Å². The lowest BCUT2D eigenvalue weighted by atomic mass is 10.1. The fourth-order valence-corrected chi connectivity index (χ4v) is 1.91. The molecule has 1 heterocycles. The summed E-state index contributed by atoms with van der Waals surface area (Å²) in [7, 11) is 0. The van der Waals surface area contributed by atoms with E-state index in [9.17, 15) is 4.79 Å². The van der Waals surface area contributed by atoms with E-state index >= 15 is 0 Å². The van der Waals surface area contributed by atoms with Crippen molar-refractivity contribution in [1.29, 1.82) is 0 Å². The Morgan fingerprint density at radius 3 is 2.60 bits per heavy atom.